The number of benzene rings is 2. The highest BCUT2D eigenvalue weighted by Gasteiger charge is 2.12. The SMILES string of the molecule is CP(C)(=O)Cc1ccc(-c2cnc3nnn(Cc4ccc5ncccc5c4)c3n2)cc1. The summed E-state index contributed by atoms with van der Waals surface area (Å²) < 4.78 is 13.8. The van der Waals surface area contributed by atoms with Crippen molar-refractivity contribution < 1.29 is 4.57 Å². The van der Waals surface area contributed by atoms with Crippen LogP contribution in [0.1, 0.15) is 11.1 Å². The highest BCUT2D eigenvalue weighted by molar-refractivity contribution is 7.61. The lowest BCUT2D eigenvalue weighted by molar-refractivity contribution is 0.582. The zero-order valence-corrected chi connectivity index (χ0v) is 18.2. The molecule has 3 aromatic heterocycles. The first-order valence-corrected chi connectivity index (χ1v) is 12.8. The van der Waals surface area contributed by atoms with Gasteiger partial charge in [-0.2, -0.15) is 0 Å². The molecule has 0 aliphatic rings. The Kier molecular flexibility index (Phi) is 4.83. The van der Waals surface area contributed by atoms with Gasteiger partial charge in [-0.05, 0) is 42.7 Å². The van der Waals surface area contributed by atoms with Crippen LogP contribution in [0.3, 0.4) is 0 Å². The molecule has 7 nitrogen and oxygen atoms in total. The third-order valence-electron chi connectivity index (χ3n) is 5.04. The van der Waals surface area contributed by atoms with Crippen LogP contribution in [0.25, 0.3) is 33.5 Å². The van der Waals surface area contributed by atoms with E-state index in [1.165, 1.54) is 0 Å². The van der Waals surface area contributed by atoms with E-state index in [4.69, 9.17) is 4.98 Å². The summed E-state index contributed by atoms with van der Waals surface area (Å²) in [6.07, 6.45) is 4.10. The van der Waals surface area contributed by atoms with Gasteiger partial charge in [0.15, 0.2) is 5.65 Å². The van der Waals surface area contributed by atoms with Gasteiger partial charge in [0.25, 0.3) is 0 Å². The van der Waals surface area contributed by atoms with Crippen LogP contribution in [-0.4, -0.2) is 43.3 Å². The Balaban J connectivity index is 1.46. The van der Waals surface area contributed by atoms with E-state index in [0.717, 1.165) is 33.3 Å². The predicted molar refractivity (Wildman–Crippen MR) is 123 cm³/mol. The second kappa shape index (κ2) is 7.67. The van der Waals surface area contributed by atoms with Crippen molar-refractivity contribution >= 4 is 29.3 Å². The fourth-order valence-electron chi connectivity index (χ4n) is 3.62. The molecule has 5 rings (SSSR count). The minimum absolute atomic E-state index is 0.515. The van der Waals surface area contributed by atoms with Gasteiger partial charge in [0.1, 0.15) is 0 Å². The zero-order valence-electron chi connectivity index (χ0n) is 17.3. The van der Waals surface area contributed by atoms with Crippen LogP contribution >= 0.6 is 7.14 Å². The zero-order chi connectivity index (χ0) is 21.4. The highest BCUT2D eigenvalue weighted by Crippen LogP contribution is 2.40. The van der Waals surface area contributed by atoms with Crippen molar-refractivity contribution in [2.45, 2.75) is 12.7 Å². The van der Waals surface area contributed by atoms with E-state index < -0.39 is 7.14 Å². The third kappa shape index (κ3) is 4.23. The Morgan fingerprint density at radius 2 is 1.77 bits per heavy atom. The van der Waals surface area contributed by atoms with E-state index >= 15 is 0 Å². The summed E-state index contributed by atoms with van der Waals surface area (Å²) in [5.74, 6) is 0. The Bertz CT molecular complexity index is 1440. The molecular formula is C23H21N6OP. The summed E-state index contributed by atoms with van der Waals surface area (Å²) in [5, 5.41) is 9.50. The van der Waals surface area contributed by atoms with Crippen molar-refractivity contribution in [3.8, 4) is 11.3 Å². The van der Waals surface area contributed by atoms with Crippen molar-refractivity contribution in [1.82, 2.24) is 29.9 Å². The molecule has 0 spiro atoms. The van der Waals surface area contributed by atoms with Gasteiger partial charge in [0.05, 0.1) is 31.1 Å². The number of pyridine rings is 1. The lowest BCUT2D eigenvalue weighted by Gasteiger charge is -2.08. The first kappa shape index (κ1) is 19.5. The molecule has 0 saturated heterocycles. The molecule has 0 unspecified atom stereocenters. The molecule has 5 aromatic rings. The Morgan fingerprint density at radius 1 is 0.968 bits per heavy atom. The molecular weight excluding hydrogens is 407 g/mol. The van der Waals surface area contributed by atoms with E-state index in [2.05, 4.69) is 26.3 Å². The summed E-state index contributed by atoms with van der Waals surface area (Å²) >= 11 is 0. The maximum atomic E-state index is 12.1. The molecule has 0 saturated carbocycles. The number of hydrogen-bond acceptors (Lipinski definition) is 6. The average Bonchev–Trinajstić information content (AvgIpc) is 3.15. The smallest absolute Gasteiger partial charge is 0.221 e. The van der Waals surface area contributed by atoms with E-state index in [0.29, 0.717) is 24.0 Å². The van der Waals surface area contributed by atoms with Gasteiger partial charge in [0.2, 0.25) is 5.65 Å². The number of nitrogens with zero attached hydrogens (tertiary/aromatic N) is 6. The monoisotopic (exact) mass is 428 g/mol. The molecule has 8 heteroatoms. The van der Waals surface area contributed by atoms with Gasteiger partial charge in [-0.15, -0.1) is 5.10 Å². The molecule has 0 radical (unpaired) electrons. The second-order valence-corrected chi connectivity index (χ2v) is 11.6. The third-order valence-corrected chi connectivity index (χ3v) is 6.17. The molecule has 154 valence electrons. The first-order valence-electron chi connectivity index (χ1n) is 9.98. The average molecular weight is 428 g/mol. The Morgan fingerprint density at radius 3 is 2.58 bits per heavy atom. The number of aromatic nitrogens is 6. The maximum Gasteiger partial charge on any atom is 0.221 e. The van der Waals surface area contributed by atoms with E-state index in [9.17, 15) is 4.57 Å². The standard InChI is InChI=1S/C23H21N6OP/c1-31(2,30)15-16-5-8-18(9-6-16)21-13-25-22-23(26-21)29(28-27-22)14-17-7-10-20-19(12-17)4-3-11-24-20/h3-13H,14-15H2,1-2H3. The fraction of sp³-hybridized carbons (Fsp3) is 0.174. The molecule has 0 atom stereocenters. The van der Waals surface area contributed by atoms with Gasteiger partial charge < -0.3 is 4.57 Å². The molecule has 0 N–H and O–H groups in total. The largest absolute Gasteiger partial charge is 0.324 e. The van der Waals surface area contributed by atoms with Crippen LogP contribution in [0, 0.1) is 0 Å². The van der Waals surface area contributed by atoms with Gasteiger partial charge in [-0.3, -0.25) is 4.98 Å². The molecule has 0 aliphatic heterocycles. The summed E-state index contributed by atoms with van der Waals surface area (Å²) in [5.41, 5.74) is 5.96. The quantitative estimate of drug-likeness (QED) is 0.380. The first-order chi connectivity index (χ1) is 14.9. The molecule has 2 aromatic carbocycles. The van der Waals surface area contributed by atoms with Crippen molar-refractivity contribution in [1.29, 1.82) is 0 Å². The maximum absolute atomic E-state index is 12.1. The van der Waals surface area contributed by atoms with Crippen LogP contribution in [0.2, 0.25) is 0 Å². The molecule has 0 amide bonds. The molecule has 0 bridgehead atoms. The number of fused-ring (bicyclic) bond motifs is 2. The lowest BCUT2D eigenvalue weighted by Crippen LogP contribution is -2.03. The van der Waals surface area contributed by atoms with Gasteiger partial charge in [-0.1, -0.05) is 41.6 Å². The summed E-state index contributed by atoms with van der Waals surface area (Å²) in [4.78, 5) is 13.6. The Labute approximate surface area is 179 Å². The van der Waals surface area contributed by atoms with Crippen molar-refractivity contribution in [3.63, 3.8) is 0 Å². The lowest BCUT2D eigenvalue weighted by atomic mass is 10.1. The number of hydrogen-bond donors (Lipinski definition) is 0. The highest BCUT2D eigenvalue weighted by atomic mass is 31.2. The Hall–Kier alpha value is -3.44. The van der Waals surface area contributed by atoms with Crippen LogP contribution in [0.4, 0.5) is 0 Å². The van der Waals surface area contributed by atoms with Crippen molar-refractivity contribution in [2.24, 2.45) is 0 Å². The van der Waals surface area contributed by atoms with E-state index in [1.807, 2.05) is 48.5 Å². The van der Waals surface area contributed by atoms with Gasteiger partial charge in [0, 0.05) is 23.3 Å². The normalized spacial score (nSPS) is 11.9. The topological polar surface area (TPSA) is 86.5 Å². The van der Waals surface area contributed by atoms with Crippen LogP contribution < -0.4 is 0 Å². The van der Waals surface area contributed by atoms with Crippen molar-refractivity contribution in [2.75, 3.05) is 13.3 Å². The number of rotatable bonds is 5. The van der Waals surface area contributed by atoms with E-state index in [1.54, 1.807) is 30.4 Å². The van der Waals surface area contributed by atoms with Gasteiger partial charge >= 0.3 is 0 Å². The molecule has 3 heterocycles. The van der Waals surface area contributed by atoms with Crippen LogP contribution in [-0.2, 0) is 17.3 Å². The van der Waals surface area contributed by atoms with Crippen LogP contribution in [0.5, 0.6) is 0 Å². The van der Waals surface area contributed by atoms with Crippen LogP contribution in [0.15, 0.2) is 67.0 Å². The molecule has 0 aliphatic carbocycles. The second-order valence-electron chi connectivity index (χ2n) is 8.11. The minimum atomic E-state index is -2.11. The minimum Gasteiger partial charge on any atom is -0.324 e. The summed E-state index contributed by atoms with van der Waals surface area (Å²) in [6, 6.07) is 18.1. The van der Waals surface area contributed by atoms with E-state index in [-0.39, 0.29) is 0 Å². The van der Waals surface area contributed by atoms with Crippen molar-refractivity contribution in [3.05, 3.63) is 78.1 Å². The van der Waals surface area contributed by atoms with Gasteiger partial charge in [-0.25, -0.2) is 14.6 Å². The predicted octanol–water partition coefficient (Wildman–Crippen LogP) is 4.61. The molecule has 0 fully saturated rings. The summed E-state index contributed by atoms with van der Waals surface area (Å²) in [6.45, 7) is 4.15. The summed E-state index contributed by atoms with van der Waals surface area (Å²) in [7, 11) is -2.11. The molecule has 31 heavy (non-hydrogen) atoms. The fourth-order valence-corrected chi connectivity index (χ4v) is 4.71.